The average molecular weight is 238 g/mol. The van der Waals surface area contributed by atoms with Crippen LogP contribution in [0.15, 0.2) is 6.07 Å². The molecule has 1 aliphatic heterocycles. The summed E-state index contributed by atoms with van der Waals surface area (Å²) >= 11 is 0. The minimum atomic E-state index is -0.757. The zero-order chi connectivity index (χ0) is 12.4. The summed E-state index contributed by atoms with van der Waals surface area (Å²) in [4.78, 5) is 22.5. The molecule has 0 bridgehead atoms. The quantitative estimate of drug-likeness (QED) is 0.683. The van der Waals surface area contributed by atoms with E-state index in [1.54, 1.807) is 0 Å². The van der Waals surface area contributed by atoms with Gasteiger partial charge in [0.25, 0.3) is 0 Å². The number of halogens is 1. The number of imide groups is 1. The molecule has 0 aromatic carbocycles. The number of rotatable bonds is 2. The van der Waals surface area contributed by atoms with Gasteiger partial charge in [-0.05, 0) is 6.42 Å². The monoisotopic (exact) mass is 238 g/mol. The minimum absolute atomic E-state index is 0.0350. The molecule has 3 N–H and O–H groups in total. The molecule has 1 atom stereocenters. The van der Waals surface area contributed by atoms with Crippen molar-refractivity contribution < 1.29 is 14.0 Å². The van der Waals surface area contributed by atoms with Crippen LogP contribution in [0.4, 0.5) is 4.39 Å². The summed E-state index contributed by atoms with van der Waals surface area (Å²) < 4.78 is 13.7. The van der Waals surface area contributed by atoms with Gasteiger partial charge in [0.15, 0.2) is 0 Å². The van der Waals surface area contributed by atoms with E-state index in [1.807, 2.05) is 0 Å². The molecular formula is C10H11FN4O2. The Hall–Kier alpha value is -1.89. The first-order valence-electron chi connectivity index (χ1n) is 5.17. The van der Waals surface area contributed by atoms with E-state index in [0.29, 0.717) is 5.69 Å². The van der Waals surface area contributed by atoms with E-state index in [4.69, 9.17) is 5.73 Å². The number of carbonyl (C=O) groups is 2. The maximum atomic E-state index is 13.7. The van der Waals surface area contributed by atoms with Gasteiger partial charge in [0, 0.05) is 19.0 Å². The van der Waals surface area contributed by atoms with Gasteiger partial charge in [-0.15, -0.1) is 0 Å². The number of piperidine rings is 1. The Kier molecular flexibility index (Phi) is 3.10. The van der Waals surface area contributed by atoms with Crippen LogP contribution in [0.5, 0.6) is 0 Å². The van der Waals surface area contributed by atoms with E-state index in [-0.39, 0.29) is 31.0 Å². The predicted molar refractivity (Wildman–Crippen MR) is 55.0 cm³/mol. The number of carbonyl (C=O) groups excluding carboxylic acids is 2. The van der Waals surface area contributed by atoms with Gasteiger partial charge in [0.05, 0.1) is 11.6 Å². The molecule has 1 aromatic heterocycles. The summed E-state index contributed by atoms with van der Waals surface area (Å²) in [5.74, 6) is -2.25. The molecule has 0 saturated carbocycles. The van der Waals surface area contributed by atoms with Crippen LogP contribution in [0.2, 0.25) is 0 Å². The average Bonchev–Trinajstić information content (AvgIpc) is 2.30. The lowest BCUT2D eigenvalue weighted by molar-refractivity contribution is -0.134. The second-order valence-electron chi connectivity index (χ2n) is 3.78. The van der Waals surface area contributed by atoms with Gasteiger partial charge in [0.2, 0.25) is 11.8 Å². The molecule has 1 fully saturated rings. The summed E-state index contributed by atoms with van der Waals surface area (Å²) in [5, 5.41) is 9.52. The third kappa shape index (κ3) is 2.28. The van der Waals surface area contributed by atoms with E-state index in [2.05, 4.69) is 15.5 Å². The molecular weight excluding hydrogens is 227 g/mol. The van der Waals surface area contributed by atoms with E-state index in [0.717, 1.165) is 6.07 Å². The summed E-state index contributed by atoms with van der Waals surface area (Å²) in [7, 11) is 0. The highest BCUT2D eigenvalue weighted by Gasteiger charge is 2.31. The highest BCUT2D eigenvalue weighted by molar-refractivity contribution is 6.00. The molecule has 1 aromatic rings. The number of hydrogen-bond acceptors (Lipinski definition) is 5. The summed E-state index contributed by atoms with van der Waals surface area (Å²) in [6.45, 7) is 0.0829. The molecule has 0 spiro atoms. The fourth-order valence-electron chi connectivity index (χ4n) is 1.71. The topological polar surface area (TPSA) is 98.0 Å². The van der Waals surface area contributed by atoms with Gasteiger partial charge >= 0.3 is 0 Å². The van der Waals surface area contributed by atoms with Crippen LogP contribution < -0.4 is 11.1 Å². The summed E-state index contributed by atoms with van der Waals surface area (Å²) in [6, 6.07) is 1.16. The maximum Gasteiger partial charge on any atom is 0.235 e. The Bertz CT molecular complexity index is 477. The van der Waals surface area contributed by atoms with E-state index in [1.165, 1.54) is 0 Å². The molecule has 17 heavy (non-hydrogen) atoms. The van der Waals surface area contributed by atoms with Gasteiger partial charge in [0.1, 0.15) is 11.5 Å². The zero-order valence-electron chi connectivity index (χ0n) is 8.94. The van der Waals surface area contributed by atoms with E-state index < -0.39 is 17.6 Å². The predicted octanol–water partition coefficient (Wildman–Crippen LogP) is -0.405. The Labute approximate surface area is 96.4 Å². The Balaban J connectivity index is 2.28. The molecule has 0 radical (unpaired) electrons. The first-order chi connectivity index (χ1) is 8.11. The highest BCUT2D eigenvalue weighted by Crippen LogP contribution is 2.24. The van der Waals surface area contributed by atoms with Crippen LogP contribution >= 0.6 is 0 Å². The van der Waals surface area contributed by atoms with E-state index in [9.17, 15) is 14.0 Å². The lowest BCUT2D eigenvalue weighted by Crippen LogP contribution is -2.40. The normalized spacial score (nSPS) is 20.2. The van der Waals surface area contributed by atoms with Crippen LogP contribution in [0, 0.1) is 5.82 Å². The third-order valence-corrected chi connectivity index (χ3v) is 2.60. The van der Waals surface area contributed by atoms with Crippen molar-refractivity contribution in [2.75, 3.05) is 0 Å². The van der Waals surface area contributed by atoms with Crippen molar-refractivity contribution in [3.63, 3.8) is 0 Å². The first kappa shape index (κ1) is 11.6. The van der Waals surface area contributed by atoms with Crippen molar-refractivity contribution in [1.29, 1.82) is 0 Å². The number of hydrogen-bond donors (Lipinski definition) is 2. The Morgan fingerprint density at radius 1 is 1.47 bits per heavy atom. The van der Waals surface area contributed by atoms with Gasteiger partial charge in [-0.1, -0.05) is 0 Å². The van der Waals surface area contributed by atoms with Gasteiger partial charge < -0.3 is 5.73 Å². The molecule has 6 nitrogen and oxygen atoms in total. The minimum Gasteiger partial charge on any atom is -0.325 e. The van der Waals surface area contributed by atoms with E-state index >= 15 is 0 Å². The Morgan fingerprint density at radius 3 is 2.82 bits per heavy atom. The fraction of sp³-hybridized carbons (Fsp3) is 0.400. The van der Waals surface area contributed by atoms with Gasteiger partial charge in [-0.2, -0.15) is 10.2 Å². The molecule has 1 aliphatic rings. The number of amides is 2. The third-order valence-electron chi connectivity index (χ3n) is 2.60. The second-order valence-corrected chi connectivity index (χ2v) is 3.78. The molecule has 1 unspecified atom stereocenters. The summed E-state index contributed by atoms with van der Waals surface area (Å²) in [5.41, 5.74) is 5.58. The molecule has 2 rings (SSSR count). The molecule has 7 heteroatoms. The summed E-state index contributed by atoms with van der Waals surface area (Å²) in [6.07, 6.45) is 0.425. The van der Waals surface area contributed by atoms with Crippen molar-refractivity contribution in [2.24, 2.45) is 5.73 Å². The smallest absolute Gasteiger partial charge is 0.235 e. The number of nitrogens with one attached hydrogen (secondary N) is 1. The molecule has 90 valence electrons. The number of aromatic nitrogens is 2. The largest absolute Gasteiger partial charge is 0.325 e. The number of nitrogens with two attached hydrogens (primary N) is 1. The van der Waals surface area contributed by atoms with Crippen LogP contribution in [-0.2, 0) is 16.1 Å². The zero-order valence-corrected chi connectivity index (χ0v) is 8.94. The second kappa shape index (κ2) is 4.54. The molecule has 1 saturated heterocycles. The van der Waals surface area contributed by atoms with Crippen LogP contribution in [0.3, 0.4) is 0 Å². The lowest BCUT2D eigenvalue weighted by atomic mass is 9.94. The first-order valence-corrected chi connectivity index (χ1v) is 5.17. The Morgan fingerprint density at radius 2 is 2.24 bits per heavy atom. The van der Waals surface area contributed by atoms with Gasteiger partial charge in [-0.3, -0.25) is 14.9 Å². The van der Waals surface area contributed by atoms with Gasteiger partial charge in [-0.25, -0.2) is 4.39 Å². The van der Waals surface area contributed by atoms with Crippen molar-refractivity contribution in [3.8, 4) is 0 Å². The SMILES string of the molecule is NCc1cc(F)c(C2CCC(=O)NC2=O)nn1. The van der Waals surface area contributed by atoms with Crippen LogP contribution in [0.1, 0.15) is 30.1 Å². The highest BCUT2D eigenvalue weighted by atomic mass is 19.1. The van der Waals surface area contributed by atoms with Crippen molar-refractivity contribution in [1.82, 2.24) is 15.5 Å². The molecule has 2 amide bonds. The van der Waals surface area contributed by atoms with Crippen molar-refractivity contribution in [3.05, 3.63) is 23.3 Å². The molecule has 2 heterocycles. The number of nitrogens with zero attached hydrogens (tertiary/aromatic N) is 2. The standard InChI is InChI=1S/C10H11FN4O2/c11-7-3-5(4-12)14-15-9(7)6-1-2-8(16)13-10(6)17/h3,6H,1-2,4,12H2,(H,13,16,17). The fourth-order valence-corrected chi connectivity index (χ4v) is 1.71. The maximum absolute atomic E-state index is 13.7. The lowest BCUT2D eigenvalue weighted by Gasteiger charge is -2.20. The van der Waals surface area contributed by atoms with Crippen LogP contribution in [-0.4, -0.2) is 22.0 Å². The van der Waals surface area contributed by atoms with Crippen molar-refractivity contribution in [2.45, 2.75) is 25.3 Å². The van der Waals surface area contributed by atoms with Crippen LogP contribution in [0.25, 0.3) is 0 Å². The molecule has 0 aliphatic carbocycles. The van der Waals surface area contributed by atoms with Crippen molar-refractivity contribution >= 4 is 11.8 Å².